The lowest BCUT2D eigenvalue weighted by Crippen LogP contribution is -2.36. The maximum Gasteiger partial charge on any atom is 0.246 e. The van der Waals surface area contributed by atoms with Crippen LogP contribution in [0.25, 0.3) is 0 Å². The summed E-state index contributed by atoms with van der Waals surface area (Å²) in [6.07, 6.45) is 2.91. The van der Waals surface area contributed by atoms with Gasteiger partial charge in [0.2, 0.25) is 10.0 Å². The molecule has 2 aromatic rings. The molecule has 0 radical (unpaired) electrons. The first-order chi connectivity index (χ1) is 13.3. The fourth-order valence-corrected chi connectivity index (χ4v) is 5.69. The van der Waals surface area contributed by atoms with Gasteiger partial charge in [-0.25, -0.2) is 8.42 Å². The Labute approximate surface area is 167 Å². The standard InChI is InChI=1S/C20H29N3O4S/c1-14-11-18(26-4)19(27-5)12-17(14)13-23-16(3)20(15(2)21-23)28(24,25)22-9-7-6-8-10-22/h11-12H,6-10,13H2,1-5H3. The summed E-state index contributed by atoms with van der Waals surface area (Å²) in [5.74, 6) is 1.32. The van der Waals surface area contributed by atoms with Crippen LogP contribution in [-0.2, 0) is 16.6 Å². The summed E-state index contributed by atoms with van der Waals surface area (Å²) < 4.78 is 40.5. The number of hydrogen-bond donors (Lipinski definition) is 0. The van der Waals surface area contributed by atoms with Crippen molar-refractivity contribution in [3.8, 4) is 11.5 Å². The molecule has 7 nitrogen and oxygen atoms in total. The Hall–Kier alpha value is -2.06. The van der Waals surface area contributed by atoms with Gasteiger partial charge in [0.15, 0.2) is 11.5 Å². The summed E-state index contributed by atoms with van der Waals surface area (Å²) >= 11 is 0. The van der Waals surface area contributed by atoms with Crippen LogP contribution >= 0.6 is 0 Å². The lowest BCUT2D eigenvalue weighted by atomic mass is 10.1. The molecule has 1 aliphatic rings. The molecule has 0 aliphatic carbocycles. The summed E-state index contributed by atoms with van der Waals surface area (Å²) in [5, 5.41) is 4.54. The Kier molecular flexibility index (Phi) is 6.00. The summed E-state index contributed by atoms with van der Waals surface area (Å²) in [6, 6.07) is 3.84. The van der Waals surface area contributed by atoms with Crippen LogP contribution < -0.4 is 9.47 Å². The van der Waals surface area contributed by atoms with Crippen molar-refractivity contribution >= 4 is 10.0 Å². The molecule has 0 N–H and O–H groups in total. The van der Waals surface area contributed by atoms with E-state index in [1.165, 1.54) is 0 Å². The van der Waals surface area contributed by atoms with Crippen molar-refractivity contribution in [2.75, 3.05) is 27.3 Å². The zero-order chi connectivity index (χ0) is 20.5. The van der Waals surface area contributed by atoms with E-state index in [0.717, 1.165) is 30.4 Å². The fourth-order valence-electron chi connectivity index (χ4n) is 3.80. The second-order valence-electron chi connectivity index (χ2n) is 7.26. The first kappa shape index (κ1) is 20.7. The van der Waals surface area contributed by atoms with Gasteiger partial charge in [-0.1, -0.05) is 6.42 Å². The van der Waals surface area contributed by atoms with Gasteiger partial charge in [0.25, 0.3) is 0 Å². The average molecular weight is 408 g/mol. The quantitative estimate of drug-likeness (QED) is 0.736. The van der Waals surface area contributed by atoms with Crippen molar-refractivity contribution in [3.63, 3.8) is 0 Å². The topological polar surface area (TPSA) is 73.7 Å². The highest BCUT2D eigenvalue weighted by atomic mass is 32.2. The van der Waals surface area contributed by atoms with E-state index in [4.69, 9.17) is 9.47 Å². The molecule has 1 aromatic heterocycles. The number of piperidine rings is 1. The Morgan fingerprint density at radius 3 is 2.21 bits per heavy atom. The third-order valence-electron chi connectivity index (χ3n) is 5.39. The molecule has 2 heterocycles. The van der Waals surface area contributed by atoms with Gasteiger partial charge >= 0.3 is 0 Å². The highest BCUT2D eigenvalue weighted by molar-refractivity contribution is 7.89. The van der Waals surface area contributed by atoms with Crippen molar-refractivity contribution in [3.05, 3.63) is 34.6 Å². The minimum Gasteiger partial charge on any atom is -0.493 e. The second-order valence-corrected chi connectivity index (χ2v) is 9.13. The normalized spacial score (nSPS) is 15.6. The maximum absolute atomic E-state index is 13.2. The van der Waals surface area contributed by atoms with Crippen LogP contribution in [0.1, 0.15) is 41.8 Å². The monoisotopic (exact) mass is 407 g/mol. The number of aryl methyl sites for hydroxylation is 2. The Bertz CT molecular complexity index is 960. The minimum absolute atomic E-state index is 0.340. The summed E-state index contributed by atoms with van der Waals surface area (Å²) in [5.41, 5.74) is 3.24. The fraction of sp³-hybridized carbons (Fsp3) is 0.550. The van der Waals surface area contributed by atoms with E-state index < -0.39 is 10.0 Å². The lowest BCUT2D eigenvalue weighted by molar-refractivity contribution is 0.346. The third-order valence-corrected chi connectivity index (χ3v) is 7.54. The Balaban J connectivity index is 1.97. The van der Waals surface area contributed by atoms with E-state index in [-0.39, 0.29) is 0 Å². The van der Waals surface area contributed by atoms with Gasteiger partial charge < -0.3 is 9.47 Å². The molecule has 0 spiro atoms. The zero-order valence-electron chi connectivity index (χ0n) is 17.3. The molecular weight excluding hydrogens is 378 g/mol. The molecule has 0 bridgehead atoms. The Morgan fingerprint density at radius 1 is 1.00 bits per heavy atom. The average Bonchev–Trinajstić information content (AvgIpc) is 2.97. The molecule has 0 atom stereocenters. The van der Waals surface area contributed by atoms with Crippen molar-refractivity contribution in [2.24, 2.45) is 0 Å². The van der Waals surface area contributed by atoms with Gasteiger partial charge in [-0.05, 0) is 56.9 Å². The first-order valence-corrected chi connectivity index (χ1v) is 11.0. The third kappa shape index (κ3) is 3.75. The minimum atomic E-state index is -3.52. The molecule has 0 unspecified atom stereocenters. The molecule has 8 heteroatoms. The van der Waals surface area contributed by atoms with Crippen molar-refractivity contribution in [1.29, 1.82) is 0 Å². The number of aromatic nitrogens is 2. The summed E-state index contributed by atoms with van der Waals surface area (Å²) in [6.45, 7) is 7.22. The van der Waals surface area contributed by atoms with Gasteiger partial charge in [-0.3, -0.25) is 4.68 Å². The van der Waals surface area contributed by atoms with Gasteiger partial charge in [0.05, 0.1) is 32.2 Å². The van der Waals surface area contributed by atoms with Crippen LogP contribution in [0.4, 0.5) is 0 Å². The molecule has 154 valence electrons. The Morgan fingerprint density at radius 2 is 1.61 bits per heavy atom. The lowest BCUT2D eigenvalue weighted by Gasteiger charge is -2.26. The number of ether oxygens (including phenoxy) is 2. The van der Waals surface area contributed by atoms with Gasteiger partial charge in [0, 0.05) is 13.1 Å². The van der Waals surface area contributed by atoms with E-state index in [2.05, 4.69) is 5.10 Å². The van der Waals surface area contributed by atoms with E-state index in [9.17, 15) is 8.42 Å². The highest BCUT2D eigenvalue weighted by Crippen LogP contribution is 2.32. The molecule has 3 rings (SSSR count). The number of hydrogen-bond acceptors (Lipinski definition) is 5. The largest absolute Gasteiger partial charge is 0.493 e. The van der Waals surface area contributed by atoms with Crippen LogP contribution in [0.3, 0.4) is 0 Å². The zero-order valence-corrected chi connectivity index (χ0v) is 18.1. The number of nitrogens with zero attached hydrogens (tertiary/aromatic N) is 3. The van der Waals surface area contributed by atoms with Gasteiger partial charge in [-0.15, -0.1) is 0 Å². The van der Waals surface area contributed by atoms with Crippen molar-refractivity contribution in [2.45, 2.75) is 51.5 Å². The summed E-state index contributed by atoms with van der Waals surface area (Å²) in [4.78, 5) is 0.340. The predicted molar refractivity (Wildman–Crippen MR) is 108 cm³/mol. The molecular formula is C20H29N3O4S. The van der Waals surface area contributed by atoms with Gasteiger partial charge in [-0.2, -0.15) is 9.40 Å². The molecule has 1 saturated heterocycles. The maximum atomic E-state index is 13.2. The number of methoxy groups -OCH3 is 2. The highest BCUT2D eigenvalue weighted by Gasteiger charge is 2.31. The predicted octanol–water partition coefficient (Wildman–Crippen LogP) is 3.05. The molecule has 28 heavy (non-hydrogen) atoms. The molecule has 1 aliphatic heterocycles. The number of benzene rings is 1. The molecule has 1 aromatic carbocycles. The van der Waals surface area contributed by atoms with Gasteiger partial charge in [0.1, 0.15) is 4.90 Å². The van der Waals surface area contributed by atoms with E-state index in [1.807, 2.05) is 26.0 Å². The SMILES string of the molecule is COc1cc(C)c(Cn2nc(C)c(S(=O)(=O)N3CCCCC3)c2C)cc1OC. The van der Waals surface area contributed by atoms with E-state index >= 15 is 0 Å². The molecule has 0 amide bonds. The molecule has 0 saturated carbocycles. The van der Waals surface area contributed by atoms with Crippen molar-refractivity contribution in [1.82, 2.24) is 14.1 Å². The van der Waals surface area contributed by atoms with Crippen LogP contribution in [-0.4, -0.2) is 49.8 Å². The second kappa shape index (κ2) is 8.13. The molecule has 1 fully saturated rings. The van der Waals surface area contributed by atoms with Crippen LogP contribution in [0.15, 0.2) is 17.0 Å². The first-order valence-electron chi connectivity index (χ1n) is 9.55. The van der Waals surface area contributed by atoms with Crippen LogP contribution in [0, 0.1) is 20.8 Å². The van der Waals surface area contributed by atoms with E-state index in [1.54, 1.807) is 30.1 Å². The number of rotatable bonds is 6. The van der Waals surface area contributed by atoms with Crippen molar-refractivity contribution < 1.29 is 17.9 Å². The number of sulfonamides is 1. The van der Waals surface area contributed by atoms with Crippen LogP contribution in [0.5, 0.6) is 11.5 Å². The van der Waals surface area contributed by atoms with E-state index in [0.29, 0.717) is 47.4 Å². The smallest absolute Gasteiger partial charge is 0.246 e. The van der Waals surface area contributed by atoms with Crippen LogP contribution in [0.2, 0.25) is 0 Å². The summed E-state index contributed by atoms with van der Waals surface area (Å²) in [7, 11) is -0.316.